The normalized spacial score (nSPS) is 15.0. The second kappa shape index (κ2) is 35.0. The molecule has 3 N–H and O–H groups in total. The molecule has 3 unspecified atom stereocenters. The van der Waals surface area contributed by atoms with Gasteiger partial charge in [-0.2, -0.15) is 0 Å². The largest absolute Gasteiger partial charge is 0.472 e. The highest BCUT2D eigenvalue weighted by molar-refractivity contribution is 7.47. The Morgan fingerprint density at radius 2 is 1.19 bits per heavy atom. The lowest BCUT2D eigenvalue weighted by Crippen LogP contribution is -2.29. The van der Waals surface area contributed by atoms with E-state index >= 15 is 0 Å². The maximum atomic E-state index is 12.5. The molecule has 0 amide bonds. The summed E-state index contributed by atoms with van der Waals surface area (Å²) in [5.74, 6) is -0.418. The number of aliphatic hydroxyl groups is 2. The van der Waals surface area contributed by atoms with Crippen molar-refractivity contribution in [2.75, 3.05) is 33.0 Å². The molecule has 0 saturated carbocycles. The Morgan fingerprint density at radius 3 is 1.77 bits per heavy atom. The number of carbonyl (C=O) groups is 1. The van der Waals surface area contributed by atoms with E-state index in [1.807, 2.05) is 0 Å². The molecule has 48 heavy (non-hydrogen) atoms. The Hall–Kier alpha value is -1.84. The van der Waals surface area contributed by atoms with Crippen LogP contribution < -0.4 is 0 Å². The van der Waals surface area contributed by atoms with E-state index in [9.17, 15) is 19.4 Å². The van der Waals surface area contributed by atoms with E-state index < -0.39 is 45.8 Å². The first kappa shape index (κ1) is 46.2. The van der Waals surface area contributed by atoms with Crippen molar-refractivity contribution >= 4 is 13.8 Å². The van der Waals surface area contributed by atoms with Crippen molar-refractivity contribution in [2.45, 2.75) is 142 Å². The van der Waals surface area contributed by atoms with Gasteiger partial charge in [-0.25, -0.2) is 4.57 Å². The summed E-state index contributed by atoms with van der Waals surface area (Å²) >= 11 is 0. The van der Waals surface area contributed by atoms with Crippen LogP contribution in [0.3, 0.4) is 0 Å². The number of phosphoric ester groups is 1. The van der Waals surface area contributed by atoms with Gasteiger partial charge in [-0.05, 0) is 57.8 Å². The average molecular weight is 699 g/mol. The summed E-state index contributed by atoms with van der Waals surface area (Å²) in [4.78, 5) is 22.4. The van der Waals surface area contributed by atoms with E-state index in [1.54, 1.807) is 0 Å². The molecule has 278 valence electrons. The molecule has 0 radical (unpaired) electrons. The predicted molar refractivity (Wildman–Crippen MR) is 196 cm³/mol. The summed E-state index contributed by atoms with van der Waals surface area (Å²) in [5.41, 5.74) is 0. The van der Waals surface area contributed by atoms with Gasteiger partial charge >= 0.3 is 13.8 Å². The molecule has 0 aliphatic heterocycles. The highest BCUT2D eigenvalue weighted by Crippen LogP contribution is 2.43. The van der Waals surface area contributed by atoms with Crippen molar-refractivity contribution in [1.29, 1.82) is 0 Å². The SMILES string of the molecule is CC/C=C\C/C=C\C/C=C\C/C=C\C/C=C\CCCCCC(=O)OC(COCCCCCCCCCC)COP(=O)(O)OCC(O)CO. The summed E-state index contributed by atoms with van der Waals surface area (Å²) in [6, 6.07) is 0. The molecule has 0 bridgehead atoms. The smallest absolute Gasteiger partial charge is 0.457 e. The number of aliphatic hydroxyl groups excluding tert-OH is 2. The maximum absolute atomic E-state index is 12.5. The standard InChI is InChI=1S/C38H67O9P/c1-3-5-7-9-11-13-14-15-16-17-18-19-20-21-22-23-24-26-28-30-38(41)47-37(35-46-48(42,43)45-33-36(40)32-39)34-44-31-29-27-25-12-10-8-6-4-2/h5,7,11,13,15-16,18-19,21-22,36-37,39-40H,3-4,6,8-10,12,14,17,20,23-35H2,1-2H3,(H,42,43)/b7-5-,13-11-,16-15-,19-18-,22-21-. The van der Waals surface area contributed by atoms with Gasteiger partial charge in [-0.3, -0.25) is 13.8 Å². The Bertz CT molecular complexity index is 929. The number of carbonyl (C=O) groups excluding carboxylic acids is 1. The predicted octanol–water partition coefficient (Wildman–Crippen LogP) is 9.24. The van der Waals surface area contributed by atoms with Crippen molar-refractivity contribution in [3.63, 3.8) is 0 Å². The molecule has 0 aliphatic carbocycles. The van der Waals surface area contributed by atoms with Gasteiger partial charge in [0.15, 0.2) is 0 Å². The van der Waals surface area contributed by atoms with Crippen molar-refractivity contribution in [3.05, 3.63) is 60.8 Å². The van der Waals surface area contributed by atoms with Crippen LogP contribution in [0.25, 0.3) is 0 Å². The van der Waals surface area contributed by atoms with Crippen molar-refractivity contribution in [3.8, 4) is 0 Å². The molecule has 0 spiro atoms. The number of rotatable bonds is 34. The van der Waals surface area contributed by atoms with Gasteiger partial charge < -0.3 is 24.6 Å². The molecule has 0 saturated heterocycles. The number of allylic oxidation sites excluding steroid dienone is 10. The van der Waals surface area contributed by atoms with Crippen LogP contribution >= 0.6 is 7.82 Å². The lowest BCUT2D eigenvalue weighted by atomic mass is 10.1. The van der Waals surface area contributed by atoms with E-state index in [-0.39, 0.29) is 13.0 Å². The van der Waals surface area contributed by atoms with E-state index in [2.05, 4.69) is 74.6 Å². The van der Waals surface area contributed by atoms with Crippen LogP contribution in [0, 0.1) is 0 Å². The second-order valence-electron chi connectivity index (χ2n) is 11.9. The zero-order valence-electron chi connectivity index (χ0n) is 29.9. The average Bonchev–Trinajstić information content (AvgIpc) is 3.07. The lowest BCUT2D eigenvalue weighted by molar-refractivity contribution is -0.154. The highest BCUT2D eigenvalue weighted by atomic mass is 31.2. The summed E-state index contributed by atoms with van der Waals surface area (Å²) < 4.78 is 33.1. The highest BCUT2D eigenvalue weighted by Gasteiger charge is 2.26. The van der Waals surface area contributed by atoms with Gasteiger partial charge in [0.1, 0.15) is 12.2 Å². The topological polar surface area (TPSA) is 132 Å². The number of hydrogen-bond acceptors (Lipinski definition) is 8. The summed E-state index contributed by atoms with van der Waals surface area (Å²) in [7, 11) is -4.52. The van der Waals surface area contributed by atoms with E-state index in [0.717, 1.165) is 70.6 Å². The molecule has 0 heterocycles. The number of ether oxygens (including phenoxy) is 2. The van der Waals surface area contributed by atoms with E-state index in [0.29, 0.717) is 13.0 Å². The van der Waals surface area contributed by atoms with Gasteiger partial charge in [0.25, 0.3) is 0 Å². The Kier molecular flexibility index (Phi) is 33.7. The molecule has 0 aromatic heterocycles. The van der Waals surface area contributed by atoms with Crippen LogP contribution in [-0.4, -0.2) is 66.3 Å². The molecule has 0 aromatic rings. The minimum absolute atomic E-state index is 0.0333. The lowest BCUT2D eigenvalue weighted by Gasteiger charge is -2.20. The fourth-order valence-electron chi connectivity index (χ4n) is 4.44. The molecule has 0 fully saturated rings. The summed E-state index contributed by atoms with van der Waals surface area (Å²) in [5, 5.41) is 18.2. The number of hydrogen-bond donors (Lipinski definition) is 3. The summed E-state index contributed by atoms with van der Waals surface area (Å²) in [6.07, 6.45) is 37.6. The third-order valence-electron chi connectivity index (χ3n) is 7.22. The first-order valence-corrected chi connectivity index (χ1v) is 19.8. The molecular formula is C38H67O9P. The first-order valence-electron chi connectivity index (χ1n) is 18.3. The van der Waals surface area contributed by atoms with Crippen LogP contribution in [-0.2, 0) is 27.9 Å². The summed E-state index contributed by atoms with van der Waals surface area (Å²) in [6.45, 7) is 3.30. The van der Waals surface area contributed by atoms with Crippen LogP contribution in [0.15, 0.2) is 60.8 Å². The van der Waals surface area contributed by atoms with Crippen LogP contribution in [0.4, 0.5) is 0 Å². The Labute approximate surface area is 291 Å². The Morgan fingerprint density at radius 1 is 0.667 bits per heavy atom. The van der Waals surface area contributed by atoms with Crippen LogP contribution in [0.2, 0.25) is 0 Å². The van der Waals surface area contributed by atoms with Crippen molar-refractivity contribution in [2.24, 2.45) is 0 Å². The zero-order valence-corrected chi connectivity index (χ0v) is 30.8. The third kappa shape index (κ3) is 34.0. The first-order chi connectivity index (χ1) is 23.3. The van der Waals surface area contributed by atoms with Gasteiger partial charge in [0.05, 0.1) is 26.4 Å². The minimum atomic E-state index is -4.52. The molecule has 3 atom stereocenters. The third-order valence-corrected chi connectivity index (χ3v) is 8.17. The van der Waals surface area contributed by atoms with Crippen molar-refractivity contribution in [1.82, 2.24) is 0 Å². The molecular weight excluding hydrogens is 631 g/mol. The van der Waals surface area contributed by atoms with E-state index in [1.165, 1.54) is 32.1 Å². The van der Waals surface area contributed by atoms with Crippen LogP contribution in [0.5, 0.6) is 0 Å². The fraction of sp³-hybridized carbons (Fsp3) is 0.711. The van der Waals surface area contributed by atoms with Gasteiger partial charge in [-0.1, -0.05) is 126 Å². The quantitative estimate of drug-likeness (QED) is 0.0260. The Balaban J connectivity index is 4.29. The van der Waals surface area contributed by atoms with Gasteiger partial charge in [0, 0.05) is 13.0 Å². The molecule has 0 aliphatic rings. The fourth-order valence-corrected chi connectivity index (χ4v) is 5.23. The minimum Gasteiger partial charge on any atom is -0.457 e. The zero-order chi connectivity index (χ0) is 35.4. The molecule has 9 nitrogen and oxygen atoms in total. The van der Waals surface area contributed by atoms with Crippen LogP contribution in [0.1, 0.15) is 129 Å². The number of phosphoric acid groups is 1. The monoisotopic (exact) mass is 698 g/mol. The number of unbranched alkanes of at least 4 members (excludes halogenated alkanes) is 10. The second-order valence-corrected chi connectivity index (χ2v) is 13.3. The molecule has 10 heteroatoms. The molecule has 0 rings (SSSR count). The van der Waals surface area contributed by atoms with E-state index in [4.69, 9.17) is 23.6 Å². The van der Waals surface area contributed by atoms with Crippen molar-refractivity contribution < 1.29 is 43.0 Å². The maximum Gasteiger partial charge on any atom is 0.472 e. The van der Waals surface area contributed by atoms with Gasteiger partial charge in [-0.15, -0.1) is 0 Å². The van der Waals surface area contributed by atoms with Gasteiger partial charge in [0.2, 0.25) is 0 Å². The number of esters is 1. The molecule has 0 aromatic carbocycles.